The Morgan fingerprint density at radius 2 is 1.82 bits per heavy atom. The summed E-state index contributed by atoms with van der Waals surface area (Å²) in [7, 11) is 1.31. The van der Waals surface area contributed by atoms with Crippen molar-refractivity contribution in [1.82, 2.24) is 4.90 Å². The Labute approximate surface area is 262 Å². The summed E-state index contributed by atoms with van der Waals surface area (Å²) >= 11 is 0. The van der Waals surface area contributed by atoms with E-state index < -0.39 is 66.0 Å². The van der Waals surface area contributed by atoms with Crippen molar-refractivity contribution < 1.29 is 46.8 Å². The molecule has 6 atom stereocenters. The van der Waals surface area contributed by atoms with Gasteiger partial charge >= 0.3 is 12.1 Å². The van der Waals surface area contributed by atoms with E-state index in [9.17, 15) is 27.9 Å². The van der Waals surface area contributed by atoms with Gasteiger partial charge in [-0.05, 0) is 67.9 Å². The second-order valence-electron chi connectivity index (χ2n) is 12.8. The Kier molecular flexibility index (Phi) is 10.9. The highest BCUT2D eigenvalue weighted by atomic mass is 19.4. The van der Waals surface area contributed by atoms with E-state index in [1.807, 2.05) is 52.0 Å². The molecule has 2 saturated heterocycles. The summed E-state index contributed by atoms with van der Waals surface area (Å²) in [5, 5.41) is 11.3. The predicted molar refractivity (Wildman–Crippen MR) is 160 cm³/mol. The van der Waals surface area contributed by atoms with Gasteiger partial charge in [-0.2, -0.15) is 13.2 Å². The maximum Gasteiger partial charge on any atom is 0.416 e. The fraction of sp³-hybridized carbons (Fsp3) is 0.588. The first-order valence-corrected chi connectivity index (χ1v) is 15.4. The lowest BCUT2D eigenvalue weighted by Crippen LogP contribution is -2.51. The molecule has 0 radical (unpaired) electrons. The SMILES string of the molecule is CCOC(=O)[C@@H]1[C@@H](C(C)(C)C)[C@H](OCC(O)c2cc(C(F)(F)F)ccc2OC)[C@H](c2ccccc2C)N1C(=O)[C@@H]1CCCCO1. The highest BCUT2D eigenvalue weighted by molar-refractivity contribution is 5.89. The minimum atomic E-state index is -4.63. The molecule has 4 rings (SSSR count). The number of carbonyl (C=O) groups is 2. The summed E-state index contributed by atoms with van der Waals surface area (Å²) in [6, 6.07) is 8.55. The Morgan fingerprint density at radius 3 is 2.40 bits per heavy atom. The molecular formula is C34H44F3NO7. The van der Waals surface area contributed by atoms with Crippen LogP contribution in [-0.4, -0.2) is 67.1 Å². The zero-order valence-corrected chi connectivity index (χ0v) is 26.7. The molecule has 2 aromatic rings. The molecule has 0 aromatic heterocycles. The van der Waals surface area contributed by atoms with Crippen molar-refractivity contribution in [2.45, 2.75) is 90.5 Å². The number of ether oxygens (including phenoxy) is 4. The molecule has 1 N–H and O–H groups in total. The van der Waals surface area contributed by atoms with E-state index in [2.05, 4.69) is 0 Å². The normalized spacial score (nSPS) is 24.8. The third kappa shape index (κ3) is 7.47. The number of aliphatic hydroxyl groups excluding tert-OH is 1. The van der Waals surface area contributed by atoms with Crippen LogP contribution in [0.5, 0.6) is 5.75 Å². The van der Waals surface area contributed by atoms with Crippen molar-refractivity contribution >= 4 is 11.9 Å². The zero-order valence-electron chi connectivity index (χ0n) is 26.7. The minimum absolute atomic E-state index is 0.0731. The fourth-order valence-corrected chi connectivity index (χ4v) is 6.61. The molecule has 2 fully saturated rings. The van der Waals surface area contributed by atoms with Gasteiger partial charge in [-0.1, -0.05) is 45.0 Å². The van der Waals surface area contributed by atoms with Crippen molar-refractivity contribution in [1.29, 1.82) is 0 Å². The monoisotopic (exact) mass is 635 g/mol. The summed E-state index contributed by atoms with van der Waals surface area (Å²) in [6.07, 6.45) is -5.59. The molecule has 2 heterocycles. The van der Waals surface area contributed by atoms with Crippen molar-refractivity contribution in [2.75, 3.05) is 26.9 Å². The first-order valence-electron chi connectivity index (χ1n) is 15.4. The summed E-state index contributed by atoms with van der Waals surface area (Å²) in [4.78, 5) is 29.7. The van der Waals surface area contributed by atoms with Gasteiger partial charge < -0.3 is 29.0 Å². The molecule has 0 spiro atoms. The molecule has 248 valence electrons. The van der Waals surface area contributed by atoms with Crippen LogP contribution in [0.1, 0.15) is 81.4 Å². The maximum absolute atomic E-state index is 14.4. The topological polar surface area (TPSA) is 94.5 Å². The van der Waals surface area contributed by atoms with Crippen LogP contribution in [0.15, 0.2) is 42.5 Å². The lowest BCUT2D eigenvalue weighted by molar-refractivity contribution is -0.162. The number of hydrogen-bond donors (Lipinski definition) is 1. The lowest BCUT2D eigenvalue weighted by atomic mass is 9.73. The molecule has 2 aromatic carbocycles. The highest BCUT2D eigenvalue weighted by Gasteiger charge is 2.60. The van der Waals surface area contributed by atoms with Crippen LogP contribution in [0.25, 0.3) is 0 Å². The van der Waals surface area contributed by atoms with Crippen LogP contribution >= 0.6 is 0 Å². The third-order valence-corrected chi connectivity index (χ3v) is 8.71. The van der Waals surface area contributed by atoms with Gasteiger partial charge in [-0.3, -0.25) is 4.79 Å². The van der Waals surface area contributed by atoms with E-state index in [0.29, 0.717) is 13.0 Å². The van der Waals surface area contributed by atoms with E-state index in [1.165, 1.54) is 7.11 Å². The van der Waals surface area contributed by atoms with Crippen molar-refractivity contribution in [3.05, 3.63) is 64.7 Å². The largest absolute Gasteiger partial charge is 0.496 e. The second kappa shape index (κ2) is 14.1. The maximum atomic E-state index is 14.4. The molecular weight excluding hydrogens is 591 g/mol. The fourth-order valence-electron chi connectivity index (χ4n) is 6.61. The Bertz CT molecular complexity index is 1340. The van der Waals surface area contributed by atoms with Crippen molar-refractivity contribution in [3.8, 4) is 5.75 Å². The average Bonchev–Trinajstić information content (AvgIpc) is 3.35. The standard InChI is InChI=1S/C34H44F3NO7/c1-7-43-32(41)29-27(33(3,4)5)30(45-19-24(39)23-18-21(34(35,36)37)15-16-25(23)42-6)28(22-13-9-8-12-20(22)2)38(29)31(40)26-14-10-11-17-44-26/h8-9,12-13,15-16,18,24,26-30,39H,7,10-11,14,17,19H2,1-6H3/t24?,26-,27+,28-,29-,30-/m0/s1. The lowest BCUT2D eigenvalue weighted by Gasteiger charge is -2.36. The molecule has 8 nitrogen and oxygen atoms in total. The first-order chi connectivity index (χ1) is 21.2. The third-order valence-electron chi connectivity index (χ3n) is 8.71. The molecule has 1 unspecified atom stereocenters. The van der Waals surface area contributed by atoms with Gasteiger partial charge in [-0.15, -0.1) is 0 Å². The van der Waals surface area contributed by atoms with E-state index in [4.69, 9.17) is 18.9 Å². The summed E-state index contributed by atoms with van der Waals surface area (Å²) in [5.74, 6) is -1.47. The van der Waals surface area contributed by atoms with E-state index >= 15 is 0 Å². The summed E-state index contributed by atoms with van der Waals surface area (Å²) in [5.41, 5.74) is -0.0371. The summed E-state index contributed by atoms with van der Waals surface area (Å²) < 4.78 is 63.9. The quantitative estimate of drug-likeness (QED) is 0.329. The van der Waals surface area contributed by atoms with Crippen LogP contribution in [0.3, 0.4) is 0 Å². The minimum Gasteiger partial charge on any atom is -0.496 e. The predicted octanol–water partition coefficient (Wildman–Crippen LogP) is 6.19. The molecule has 11 heteroatoms. The van der Waals surface area contributed by atoms with Gasteiger partial charge in [-0.25, -0.2) is 4.79 Å². The number of rotatable bonds is 9. The van der Waals surface area contributed by atoms with Gasteiger partial charge in [0.25, 0.3) is 5.91 Å². The van der Waals surface area contributed by atoms with E-state index in [0.717, 1.165) is 42.2 Å². The van der Waals surface area contributed by atoms with Crippen LogP contribution in [-0.2, 0) is 30.0 Å². The van der Waals surface area contributed by atoms with Gasteiger partial charge in [0, 0.05) is 18.1 Å². The molecule has 45 heavy (non-hydrogen) atoms. The number of benzene rings is 2. The number of aryl methyl sites for hydroxylation is 1. The second-order valence-corrected chi connectivity index (χ2v) is 12.8. The number of aliphatic hydroxyl groups is 1. The number of hydrogen-bond acceptors (Lipinski definition) is 7. The molecule has 0 aliphatic carbocycles. The van der Waals surface area contributed by atoms with E-state index in [1.54, 1.807) is 11.8 Å². The van der Waals surface area contributed by atoms with Crippen LogP contribution in [0.2, 0.25) is 0 Å². The van der Waals surface area contributed by atoms with Gasteiger partial charge in [0.1, 0.15) is 24.0 Å². The van der Waals surface area contributed by atoms with Crippen molar-refractivity contribution in [3.63, 3.8) is 0 Å². The Hall–Kier alpha value is -3.15. The number of amides is 1. The van der Waals surface area contributed by atoms with Crippen molar-refractivity contribution in [2.24, 2.45) is 11.3 Å². The molecule has 1 amide bonds. The van der Waals surface area contributed by atoms with Crippen LogP contribution in [0.4, 0.5) is 13.2 Å². The molecule has 0 bridgehead atoms. The van der Waals surface area contributed by atoms with Gasteiger partial charge in [0.15, 0.2) is 0 Å². The number of alkyl halides is 3. The number of nitrogens with zero attached hydrogens (tertiary/aromatic N) is 1. The van der Waals surface area contributed by atoms with Gasteiger partial charge in [0.2, 0.25) is 0 Å². The average molecular weight is 636 g/mol. The van der Waals surface area contributed by atoms with Crippen LogP contribution in [0, 0.1) is 18.3 Å². The number of methoxy groups -OCH3 is 1. The number of carbonyl (C=O) groups excluding carboxylic acids is 2. The van der Waals surface area contributed by atoms with Crippen LogP contribution < -0.4 is 4.74 Å². The number of likely N-dealkylation sites (tertiary alicyclic amines) is 1. The highest BCUT2D eigenvalue weighted by Crippen LogP contribution is 2.51. The zero-order chi connectivity index (χ0) is 33.1. The van der Waals surface area contributed by atoms with Gasteiger partial charge in [0.05, 0.1) is 38.0 Å². The molecule has 2 aliphatic heterocycles. The molecule has 0 saturated carbocycles. The number of esters is 1. The Morgan fingerprint density at radius 1 is 1.11 bits per heavy atom. The Balaban J connectivity index is 1.82. The number of halogens is 3. The first kappa shape index (κ1) is 34.7. The molecule has 2 aliphatic rings. The smallest absolute Gasteiger partial charge is 0.416 e. The summed E-state index contributed by atoms with van der Waals surface area (Å²) in [6.45, 7) is 9.51. The van der Waals surface area contributed by atoms with E-state index in [-0.39, 0.29) is 23.8 Å².